The van der Waals surface area contributed by atoms with Crippen LogP contribution in [-0.4, -0.2) is 0 Å². The number of nitriles is 1. The molecule has 0 spiro atoms. The summed E-state index contributed by atoms with van der Waals surface area (Å²) in [6.07, 6.45) is 5.00. The van der Waals surface area contributed by atoms with Crippen molar-refractivity contribution in [2.75, 3.05) is 0 Å². The molecule has 1 fully saturated rings. The first-order chi connectivity index (χ1) is 8.60. The lowest BCUT2D eigenvalue weighted by Gasteiger charge is -2.21. The topological polar surface area (TPSA) is 23.8 Å². The van der Waals surface area contributed by atoms with E-state index in [0.717, 1.165) is 37.7 Å². The van der Waals surface area contributed by atoms with Crippen LogP contribution in [0.5, 0.6) is 0 Å². The van der Waals surface area contributed by atoms with Gasteiger partial charge in [-0.05, 0) is 43.2 Å². The van der Waals surface area contributed by atoms with Crippen LogP contribution in [-0.2, 0) is 6.42 Å². The predicted molar refractivity (Wildman–Crippen MR) is 75.8 cm³/mol. The predicted octanol–water partition coefficient (Wildman–Crippen LogP) is 5.26. The Hall–Kier alpha value is -0.710. The summed E-state index contributed by atoms with van der Waals surface area (Å²) in [7, 11) is 0. The van der Waals surface area contributed by atoms with Crippen LogP contribution < -0.4 is 0 Å². The third-order valence-electron chi connectivity index (χ3n) is 4.09. The van der Waals surface area contributed by atoms with Gasteiger partial charge in [0.1, 0.15) is 0 Å². The fourth-order valence-corrected chi connectivity index (χ4v) is 3.32. The van der Waals surface area contributed by atoms with E-state index in [4.69, 9.17) is 23.2 Å². The Balaban J connectivity index is 2.22. The van der Waals surface area contributed by atoms with E-state index >= 15 is 0 Å². The van der Waals surface area contributed by atoms with Gasteiger partial charge in [-0.2, -0.15) is 5.26 Å². The molecule has 96 valence electrons. The minimum atomic E-state index is -0.241. The maximum atomic E-state index is 9.53. The van der Waals surface area contributed by atoms with E-state index in [1.54, 1.807) is 6.07 Å². The van der Waals surface area contributed by atoms with E-state index < -0.39 is 0 Å². The highest BCUT2D eigenvalue weighted by atomic mass is 35.5. The summed E-state index contributed by atoms with van der Waals surface area (Å²) in [4.78, 5) is 0. The summed E-state index contributed by atoms with van der Waals surface area (Å²) in [5.74, 6) is 0.683. The second-order valence-electron chi connectivity index (χ2n) is 5.30. The molecule has 1 aromatic rings. The van der Waals surface area contributed by atoms with Crippen molar-refractivity contribution in [3.63, 3.8) is 0 Å². The molecule has 1 aliphatic carbocycles. The van der Waals surface area contributed by atoms with Crippen molar-refractivity contribution >= 4 is 23.2 Å². The standard InChI is InChI=1S/C15H17Cl2N/c1-2-11-6-7-15(8-11,10-18)9-12-4-3-5-13(16)14(12)17/h3-5,11H,2,6-9H2,1H3. The Morgan fingerprint density at radius 1 is 1.44 bits per heavy atom. The summed E-state index contributed by atoms with van der Waals surface area (Å²) in [6, 6.07) is 8.21. The van der Waals surface area contributed by atoms with Crippen LogP contribution in [0.1, 0.15) is 38.2 Å². The van der Waals surface area contributed by atoms with Gasteiger partial charge in [0.25, 0.3) is 0 Å². The Labute approximate surface area is 119 Å². The normalized spacial score (nSPS) is 27.1. The molecule has 2 unspecified atom stereocenters. The molecule has 2 atom stereocenters. The van der Waals surface area contributed by atoms with Crippen molar-refractivity contribution < 1.29 is 0 Å². The Bertz CT molecular complexity index is 478. The average molecular weight is 282 g/mol. The highest BCUT2D eigenvalue weighted by molar-refractivity contribution is 6.42. The molecular formula is C15H17Cl2N. The Kier molecular flexibility index (Phi) is 4.20. The summed E-state index contributed by atoms with van der Waals surface area (Å²) in [6.45, 7) is 2.20. The molecule has 3 heteroatoms. The summed E-state index contributed by atoms with van der Waals surface area (Å²) in [5.41, 5.74) is 0.761. The lowest BCUT2D eigenvalue weighted by atomic mass is 9.80. The molecule has 1 aromatic carbocycles. The highest BCUT2D eigenvalue weighted by Crippen LogP contribution is 2.46. The first-order valence-corrected chi connectivity index (χ1v) is 7.20. The number of hydrogen-bond acceptors (Lipinski definition) is 1. The summed E-state index contributed by atoms with van der Waals surface area (Å²) < 4.78 is 0. The van der Waals surface area contributed by atoms with Gasteiger partial charge in [0.15, 0.2) is 0 Å². The van der Waals surface area contributed by atoms with E-state index in [1.807, 2.05) is 12.1 Å². The van der Waals surface area contributed by atoms with Crippen molar-refractivity contribution in [3.05, 3.63) is 33.8 Å². The molecule has 0 bridgehead atoms. The average Bonchev–Trinajstić information content (AvgIpc) is 2.79. The molecule has 2 rings (SSSR count). The highest BCUT2D eigenvalue weighted by Gasteiger charge is 2.39. The maximum absolute atomic E-state index is 9.53. The third-order valence-corrected chi connectivity index (χ3v) is 4.94. The fraction of sp³-hybridized carbons (Fsp3) is 0.533. The van der Waals surface area contributed by atoms with Gasteiger partial charge in [0, 0.05) is 0 Å². The van der Waals surface area contributed by atoms with Crippen molar-refractivity contribution in [2.24, 2.45) is 11.3 Å². The van der Waals surface area contributed by atoms with E-state index in [1.165, 1.54) is 0 Å². The van der Waals surface area contributed by atoms with Crippen LogP contribution in [0.3, 0.4) is 0 Å². The van der Waals surface area contributed by atoms with E-state index in [0.29, 0.717) is 16.0 Å². The zero-order valence-corrected chi connectivity index (χ0v) is 12.1. The number of benzene rings is 1. The van der Waals surface area contributed by atoms with Crippen molar-refractivity contribution in [1.29, 1.82) is 5.26 Å². The zero-order chi connectivity index (χ0) is 13.2. The minimum Gasteiger partial charge on any atom is -0.198 e. The summed E-state index contributed by atoms with van der Waals surface area (Å²) in [5, 5.41) is 10.7. The van der Waals surface area contributed by atoms with E-state index in [-0.39, 0.29) is 5.41 Å². The van der Waals surface area contributed by atoms with Crippen molar-refractivity contribution in [2.45, 2.75) is 39.0 Å². The van der Waals surface area contributed by atoms with Gasteiger partial charge in [-0.15, -0.1) is 0 Å². The molecule has 0 saturated heterocycles. The molecule has 0 radical (unpaired) electrons. The quantitative estimate of drug-likeness (QED) is 0.742. The van der Waals surface area contributed by atoms with E-state index in [2.05, 4.69) is 13.0 Å². The first kappa shape index (κ1) is 13.7. The van der Waals surface area contributed by atoms with Gasteiger partial charge in [-0.3, -0.25) is 0 Å². The Morgan fingerprint density at radius 3 is 2.83 bits per heavy atom. The fourth-order valence-electron chi connectivity index (χ4n) is 2.94. The number of halogens is 2. The van der Waals surface area contributed by atoms with Crippen LogP contribution in [0, 0.1) is 22.7 Å². The second-order valence-corrected chi connectivity index (χ2v) is 6.08. The van der Waals surface area contributed by atoms with Gasteiger partial charge in [-0.25, -0.2) is 0 Å². The minimum absolute atomic E-state index is 0.241. The second kappa shape index (κ2) is 5.51. The van der Waals surface area contributed by atoms with Crippen LogP contribution in [0.4, 0.5) is 0 Å². The van der Waals surface area contributed by atoms with Crippen LogP contribution in [0.2, 0.25) is 10.0 Å². The molecular weight excluding hydrogens is 265 g/mol. The third kappa shape index (κ3) is 2.66. The molecule has 1 nitrogen and oxygen atoms in total. The lowest BCUT2D eigenvalue weighted by molar-refractivity contribution is 0.381. The zero-order valence-electron chi connectivity index (χ0n) is 10.5. The van der Waals surface area contributed by atoms with Gasteiger partial charge in [0.2, 0.25) is 0 Å². The molecule has 0 heterocycles. The number of rotatable bonds is 3. The SMILES string of the molecule is CCC1CCC(C#N)(Cc2cccc(Cl)c2Cl)C1. The van der Waals surface area contributed by atoms with Gasteiger partial charge in [-0.1, -0.05) is 48.7 Å². The van der Waals surface area contributed by atoms with Crippen molar-refractivity contribution in [3.8, 4) is 6.07 Å². The van der Waals surface area contributed by atoms with Crippen molar-refractivity contribution in [1.82, 2.24) is 0 Å². The Morgan fingerprint density at radius 2 is 2.22 bits per heavy atom. The van der Waals surface area contributed by atoms with Gasteiger partial charge < -0.3 is 0 Å². The monoisotopic (exact) mass is 281 g/mol. The van der Waals surface area contributed by atoms with Gasteiger partial charge in [0.05, 0.1) is 21.5 Å². The van der Waals surface area contributed by atoms with Crippen LogP contribution in [0.15, 0.2) is 18.2 Å². The molecule has 1 aliphatic rings. The molecule has 0 aliphatic heterocycles. The van der Waals surface area contributed by atoms with Crippen LogP contribution in [0.25, 0.3) is 0 Å². The molecule has 0 N–H and O–H groups in total. The smallest absolute Gasteiger partial charge is 0.0693 e. The van der Waals surface area contributed by atoms with E-state index in [9.17, 15) is 5.26 Å². The molecule has 0 amide bonds. The number of hydrogen-bond donors (Lipinski definition) is 0. The first-order valence-electron chi connectivity index (χ1n) is 6.44. The number of nitrogens with zero attached hydrogens (tertiary/aromatic N) is 1. The van der Waals surface area contributed by atoms with Gasteiger partial charge >= 0.3 is 0 Å². The lowest BCUT2D eigenvalue weighted by Crippen LogP contribution is -2.18. The largest absolute Gasteiger partial charge is 0.198 e. The molecule has 0 aromatic heterocycles. The van der Waals surface area contributed by atoms with Crippen LogP contribution >= 0.6 is 23.2 Å². The maximum Gasteiger partial charge on any atom is 0.0693 e. The molecule has 1 saturated carbocycles. The molecule has 18 heavy (non-hydrogen) atoms. The summed E-state index contributed by atoms with van der Waals surface area (Å²) >= 11 is 12.2.